The first-order chi connectivity index (χ1) is 8.22. The Morgan fingerprint density at radius 2 is 2.00 bits per heavy atom. The SMILES string of the molecule is O=C1CN(CCF)C(=O)C(c2ccccc2)N1. The molecule has 1 aliphatic rings. The molecule has 1 N–H and O–H groups in total. The number of carbonyl (C=O) groups excluding carboxylic acids is 2. The summed E-state index contributed by atoms with van der Waals surface area (Å²) in [5, 5.41) is 2.62. The number of carbonyl (C=O) groups is 2. The molecule has 0 spiro atoms. The Morgan fingerprint density at radius 3 is 2.65 bits per heavy atom. The zero-order valence-corrected chi connectivity index (χ0v) is 9.23. The van der Waals surface area contributed by atoms with Gasteiger partial charge in [0, 0.05) is 6.54 Å². The molecule has 5 heteroatoms. The maximum absolute atomic E-state index is 12.3. The predicted octanol–water partition coefficient (Wildman–Crippen LogP) is 0.656. The van der Waals surface area contributed by atoms with Crippen molar-refractivity contribution in [3.05, 3.63) is 35.9 Å². The molecular weight excluding hydrogens is 223 g/mol. The fourth-order valence-electron chi connectivity index (χ4n) is 1.86. The topological polar surface area (TPSA) is 49.4 Å². The van der Waals surface area contributed by atoms with Crippen LogP contribution in [0.1, 0.15) is 11.6 Å². The fourth-order valence-corrected chi connectivity index (χ4v) is 1.86. The molecule has 1 aliphatic heterocycles. The fraction of sp³-hybridized carbons (Fsp3) is 0.333. The summed E-state index contributed by atoms with van der Waals surface area (Å²) in [6.07, 6.45) is 0. The maximum atomic E-state index is 12.3. The van der Waals surface area contributed by atoms with Gasteiger partial charge in [-0.05, 0) is 5.56 Å². The van der Waals surface area contributed by atoms with Crippen molar-refractivity contribution in [1.82, 2.24) is 10.2 Å². The summed E-state index contributed by atoms with van der Waals surface area (Å²) in [6, 6.07) is 8.26. The second-order valence-corrected chi connectivity index (χ2v) is 3.86. The lowest BCUT2D eigenvalue weighted by Gasteiger charge is -2.32. The van der Waals surface area contributed by atoms with E-state index in [0.29, 0.717) is 0 Å². The number of alkyl halides is 1. The largest absolute Gasteiger partial charge is 0.339 e. The molecule has 0 saturated carbocycles. The molecule has 1 aromatic carbocycles. The Bertz CT molecular complexity index is 422. The molecule has 4 nitrogen and oxygen atoms in total. The third-order valence-corrected chi connectivity index (χ3v) is 2.69. The van der Waals surface area contributed by atoms with Crippen LogP contribution >= 0.6 is 0 Å². The molecule has 2 amide bonds. The molecular formula is C12H13FN2O2. The summed E-state index contributed by atoms with van der Waals surface area (Å²) in [6.45, 7) is -0.734. The molecule has 1 aromatic rings. The van der Waals surface area contributed by atoms with Crippen molar-refractivity contribution in [2.75, 3.05) is 19.8 Å². The summed E-state index contributed by atoms with van der Waals surface area (Å²) in [7, 11) is 0. The molecule has 0 radical (unpaired) electrons. The molecule has 0 aromatic heterocycles. The van der Waals surface area contributed by atoms with Gasteiger partial charge in [0.25, 0.3) is 0 Å². The van der Waals surface area contributed by atoms with Gasteiger partial charge in [0.1, 0.15) is 12.7 Å². The van der Waals surface area contributed by atoms with E-state index in [2.05, 4.69) is 5.32 Å². The highest BCUT2D eigenvalue weighted by Crippen LogP contribution is 2.18. The first-order valence-electron chi connectivity index (χ1n) is 5.41. The average molecular weight is 236 g/mol. The van der Waals surface area contributed by atoms with Crippen molar-refractivity contribution < 1.29 is 14.0 Å². The van der Waals surface area contributed by atoms with Gasteiger partial charge in [-0.25, -0.2) is 4.39 Å². The lowest BCUT2D eigenvalue weighted by molar-refractivity contribution is -0.144. The van der Waals surface area contributed by atoms with Crippen molar-refractivity contribution in [2.24, 2.45) is 0 Å². The van der Waals surface area contributed by atoms with Crippen LogP contribution in [0.5, 0.6) is 0 Å². The number of nitrogens with zero attached hydrogens (tertiary/aromatic N) is 1. The van der Waals surface area contributed by atoms with Crippen LogP contribution in [-0.2, 0) is 9.59 Å². The van der Waals surface area contributed by atoms with E-state index in [0.717, 1.165) is 5.56 Å². The van der Waals surface area contributed by atoms with E-state index in [9.17, 15) is 14.0 Å². The molecule has 1 saturated heterocycles. The van der Waals surface area contributed by atoms with Gasteiger partial charge in [0.05, 0.1) is 6.54 Å². The molecule has 0 aliphatic carbocycles. The zero-order chi connectivity index (χ0) is 12.3. The molecule has 90 valence electrons. The van der Waals surface area contributed by atoms with Gasteiger partial charge in [-0.15, -0.1) is 0 Å². The Hall–Kier alpha value is -1.91. The van der Waals surface area contributed by atoms with Crippen LogP contribution in [0.15, 0.2) is 30.3 Å². The number of rotatable bonds is 3. The van der Waals surface area contributed by atoms with Crippen molar-refractivity contribution in [3.63, 3.8) is 0 Å². The second kappa shape index (κ2) is 4.95. The predicted molar refractivity (Wildman–Crippen MR) is 59.9 cm³/mol. The maximum Gasteiger partial charge on any atom is 0.250 e. The number of halogens is 1. The van der Waals surface area contributed by atoms with E-state index in [1.807, 2.05) is 6.07 Å². The Labute approximate surface area is 98.4 Å². The summed E-state index contributed by atoms with van der Waals surface area (Å²) in [5.74, 6) is -0.514. The Balaban J connectivity index is 2.22. The van der Waals surface area contributed by atoms with E-state index in [-0.39, 0.29) is 24.9 Å². The van der Waals surface area contributed by atoms with Gasteiger partial charge in [0.15, 0.2) is 0 Å². The summed E-state index contributed by atoms with van der Waals surface area (Å²) >= 11 is 0. The monoisotopic (exact) mass is 236 g/mol. The first-order valence-corrected chi connectivity index (χ1v) is 5.41. The molecule has 0 bridgehead atoms. The van der Waals surface area contributed by atoms with E-state index in [1.165, 1.54) is 4.90 Å². The van der Waals surface area contributed by atoms with Crippen LogP contribution < -0.4 is 5.32 Å². The Morgan fingerprint density at radius 1 is 1.29 bits per heavy atom. The minimum atomic E-state index is -0.691. The summed E-state index contributed by atoms with van der Waals surface area (Å²) < 4.78 is 12.3. The number of hydrogen-bond acceptors (Lipinski definition) is 2. The van der Waals surface area contributed by atoms with Crippen LogP contribution in [0, 0.1) is 0 Å². The first kappa shape index (κ1) is 11.6. The van der Waals surface area contributed by atoms with Gasteiger partial charge >= 0.3 is 0 Å². The summed E-state index contributed by atoms with van der Waals surface area (Å²) in [4.78, 5) is 24.7. The summed E-state index contributed by atoms with van der Waals surface area (Å²) in [5.41, 5.74) is 0.717. The lowest BCUT2D eigenvalue weighted by atomic mass is 10.0. The number of benzene rings is 1. The van der Waals surface area contributed by atoms with Gasteiger partial charge in [0.2, 0.25) is 11.8 Å². The van der Waals surface area contributed by atoms with Crippen molar-refractivity contribution >= 4 is 11.8 Å². The number of piperazine rings is 1. The zero-order valence-electron chi connectivity index (χ0n) is 9.23. The van der Waals surface area contributed by atoms with Crippen molar-refractivity contribution in [1.29, 1.82) is 0 Å². The van der Waals surface area contributed by atoms with E-state index < -0.39 is 12.7 Å². The quantitative estimate of drug-likeness (QED) is 0.838. The lowest BCUT2D eigenvalue weighted by Crippen LogP contribution is -2.53. The molecule has 17 heavy (non-hydrogen) atoms. The van der Waals surface area contributed by atoms with Crippen LogP contribution in [0.25, 0.3) is 0 Å². The third kappa shape index (κ3) is 2.43. The third-order valence-electron chi connectivity index (χ3n) is 2.69. The average Bonchev–Trinajstić information content (AvgIpc) is 2.35. The van der Waals surface area contributed by atoms with Crippen molar-refractivity contribution in [2.45, 2.75) is 6.04 Å². The Kier molecular flexibility index (Phi) is 3.37. The van der Waals surface area contributed by atoms with Crippen LogP contribution in [0.2, 0.25) is 0 Å². The van der Waals surface area contributed by atoms with Crippen LogP contribution in [0.3, 0.4) is 0 Å². The highest BCUT2D eigenvalue weighted by atomic mass is 19.1. The van der Waals surface area contributed by atoms with E-state index in [4.69, 9.17) is 0 Å². The van der Waals surface area contributed by atoms with E-state index >= 15 is 0 Å². The second-order valence-electron chi connectivity index (χ2n) is 3.86. The van der Waals surface area contributed by atoms with E-state index in [1.54, 1.807) is 24.3 Å². The number of nitrogens with one attached hydrogen (secondary N) is 1. The molecule has 1 unspecified atom stereocenters. The smallest absolute Gasteiger partial charge is 0.250 e. The van der Waals surface area contributed by atoms with Gasteiger partial charge in [-0.3, -0.25) is 9.59 Å². The number of amides is 2. The van der Waals surface area contributed by atoms with Gasteiger partial charge < -0.3 is 10.2 Å². The highest BCUT2D eigenvalue weighted by Gasteiger charge is 2.33. The molecule has 1 fully saturated rings. The molecule has 2 rings (SSSR count). The van der Waals surface area contributed by atoms with Gasteiger partial charge in [-0.1, -0.05) is 30.3 Å². The standard InChI is InChI=1S/C12H13FN2O2/c13-6-7-15-8-10(16)14-11(12(15)17)9-4-2-1-3-5-9/h1-5,11H,6-8H2,(H,14,16). The van der Waals surface area contributed by atoms with Crippen LogP contribution in [0.4, 0.5) is 4.39 Å². The van der Waals surface area contributed by atoms with Crippen LogP contribution in [-0.4, -0.2) is 36.5 Å². The number of hydrogen-bond donors (Lipinski definition) is 1. The minimum Gasteiger partial charge on any atom is -0.339 e. The normalized spacial score (nSPS) is 20.3. The van der Waals surface area contributed by atoms with Crippen molar-refractivity contribution in [3.8, 4) is 0 Å². The molecule has 1 heterocycles. The minimum absolute atomic E-state index is 0.0322. The molecule has 1 atom stereocenters. The highest BCUT2D eigenvalue weighted by molar-refractivity contribution is 5.95. The van der Waals surface area contributed by atoms with Gasteiger partial charge in [-0.2, -0.15) is 0 Å².